The molecule has 0 radical (unpaired) electrons. The Bertz CT molecular complexity index is 1090. The maximum Gasteiger partial charge on any atom is 0.242 e. The number of sulfonamides is 1. The molecule has 2 aromatic carbocycles. The number of rotatable bonds is 14. The highest BCUT2D eigenvalue weighted by atomic mass is 32.2. The minimum atomic E-state index is -3.63. The van der Waals surface area contributed by atoms with Gasteiger partial charge < -0.3 is 15.0 Å². The summed E-state index contributed by atoms with van der Waals surface area (Å²) >= 11 is 0. The number of nitrogens with one attached hydrogen (secondary N) is 1. The van der Waals surface area contributed by atoms with Gasteiger partial charge in [-0.1, -0.05) is 51.1 Å². The summed E-state index contributed by atoms with van der Waals surface area (Å²) in [6.07, 6.45) is 0.911. The number of methoxy groups -OCH3 is 1. The number of nitrogens with zero attached hydrogens (tertiary/aromatic N) is 2. The third kappa shape index (κ3) is 8.34. The number of hydrogen-bond acceptors (Lipinski definition) is 5. The standard InChI is InChI=1S/C27H39N3O5S/c1-6-25(27(32)28-19-21(2)3)30(20-22-12-10-13-23(18-22)35-5)26(31)16-11-17-29(4)36(33,34)24-14-8-7-9-15-24/h7-10,12-15,18,21,25H,6,11,16-17,19-20H2,1-5H3,(H,28,32)/t25-/m1/s1. The van der Waals surface area contributed by atoms with E-state index in [-0.39, 0.29) is 42.1 Å². The predicted molar refractivity (Wildman–Crippen MR) is 141 cm³/mol. The Labute approximate surface area is 215 Å². The Morgan fingerprint density at radius 2 is 1.75 bits per heavy atom. The van der Waals surface area contributed by atoms with Crippen molar-refractivity contribution in [2.24, 2.45) is 5.92 Å². The van der Waals surface area contributed by atoms with Crippen LogP contribution < -0.4 is 10.1 Å². The summed E-state index contributed by atoms with van der Waals surface area (Å²) in [7, 11) is -0.544. The second kappa shape index (κ2) is 14.0. The van der Waals surface area contributed by atoms with Crippen molar-refractivity contribution >= 4 is 21.8 Å². The number of hydrogen-bond donors (Lipinski definition) is 1. The fraction of sp³-hybridized carbons (Fsp3) is 0.481. The van der Waals surface area contributed by atoms with Crippen molar-refractivity contribution < 1.29 is 22.7 Å². The van der Waals surface area contributed by atoms with Crippen LogP contribution in [0.1, 0.15) is 45.6 Å². The minimum absolute atomic E-state index is 0.118. The monoisotopic (exact) mass is 517 g/mol. The van der Waals surface area contributed by atoms with Crippen molar-refractivity contribution in [2.45, 2.75) is 57.5 Å². The van der Waals surface area contributed by atoms with Gasteiger partial charge in [-0.05, 0) is 48.6 Å². The van der Waals surface area contributed by atoms with E-state index in [0.29, 0.717) is 25.1 Å². The lowest BCUT2D eigenvalue weighted by Crippen LogP contribution is -2.49. The van der Waals surface area contributed by atoms with Crippen LogP contribution >= 0.6 is 0 Å². The molecule has 0 aromatic heterocycles. The SMILES string of the molecule is CC[C@H](C(=O)NCC(C)C)N(Cc1cccc(OC)c1)C(=O)CCCN(C)S(=O)(=O)c1ccccc1. The van der Waals surface area contributed by atoms with Crippen molar-refractivity contribution in [3.63, 3.8) is 0 Å². The van der Waals surface area contributed by atoms with Crippen molar-refractivity contribution in [1.82, 2.24) is 14.5 Å². The molecule has 8 nitrogen and oxygen atoms in total. The van der Waals surface area contributed by atoms with Crippen LogP contribution in [0, 0.1) is 5.92 Å². The van der Waals surface area contributed by atoms with Crippen LogP contribution in [0.15, 0.2) is 59.5 Å². The molecule has 2 rings (SSSR count). The van der Waals surface area contributed by atoms with E-state index in [9.17, 15) is 18.0 Å². The average molecular weight is 518 g/mol. The molecule has 0 spiro atoms. The van der Waals surface area contributed by atoms with Crippen molar-refractivity contribution in [2.75, 3.05) is 27.2 Å². The van der Waals surface area contributed by atoms with Gasteiger partial charge in [0.05, 0.1) is 12.0 Å². The number of ether oxygens (including phenoxy) is 1. The predicted octanol–water partition coefficient (Wildman–Crippen LogP) is 3.68. The van der Waals surface area contributed by atoms with Gasteiger partial charge in [0.15, 0.2) is 0 Å². The Hall–Kier alpha value is -2.91. The molecule has 0 fully saturated rings. The normalized spacial score (nSPS) is 12.4. The first kappa shape index (κ1) is 29.3. The zero-order valence-electron chi connectivity index (χ0n) is 21.9. The molecule has 0 saturated carbocycles. The molecule has 198 valence electrons. The first-order valence-electron chi connectivity index (χ1n) is 12.3. The van der Waals surface area contributed by atoms with Crippen LogP contribution in [0.2, 0.25) is 0 Å². The van der Waals surface area contributed by atoms with Gasteiger partial charge in [-0.25, -0.2) is 12.7 Å². The molecule has 0 heterocycles. The summed E-state index contributed by atoms with van der Waals surface area (Å²) in [5, 5.41) is 2.94. The quantitative estimate of drug-likeness (QED) is 0.413. The van der Waals surface area contributed by atoms with Crippen molar-refractivity contribution in [3.8, 4) is 5.75 Å². The first-order chi connectivity index (χ1) is 17.1. The molecule has 1 atom stereocenters. The summed E-state index contributed by atoms with van der Waals surface area (Å²) in [5.74, 6) is 0.571. The van der Waals surface area contributed by atoms with Gasteiger partial charge in [-0.15, -0.1) is 0 Å². The highest BCUT2D eigenvalue weighted by Crippen LogP contribution is 2.19. The molecule has 0 aliphatic heterocycles. The summed E-state index contributed by atoms with van der Waals surface area (Å²) in [4.78, 5) is 28.2. The molecule has 2 aromatic rings. The number of amides is 2. The maximum absolute atomic E-state index is 13.4. The third-order valence-corrected chi connectivity index (χ3v) is 7.74. The van der Waals surface area contributed by atoms with E-state index in [2.05, 4.69) is 5.32 Å². The number of benzene rings is 2. The van der Waals surface area contributed by atoms with E-state index < -0.39 is 16.1 Å². The van der Waals surface area contributed by atoms with Crippen LogP contribution in [0.4, 0.5) is 0 Å². The molecule has 0 saturated heterocycles. The molecule has 0 bridgehead atoms. The van der Waals surface area contributed by atoms with Gasteiger partial charge in [0.2, 0.25) is 21.8 Å². The second-order valence-electron chi connectivity index (χ2n) is 9.18. The zero-order valence-corrected chi connectivity index (χ0v) is 22.8. The Balaban J connectivity index is 2.15. The van der Waals surface area contributed by atoms with E-state index in [1.54, 1.807) is 42.3 Å². The molecule has 0 aliphatic carbocycles. The fourth-order valence-corrected chi connectivity index (χ4v) is 5.03. The van der Waals surface area contributed by atoms with E-state index >= 15 is 0 Å². The molecule has 0 unspecified atom stereocenters. The van der Waals surface area contributed by atoms with Gasteiger partial charge in [0.25, 0.3) is 0 Å². The molecule has 1 N–H and O–H groups in total. The second-order valence-corrected chi connectivity index (χ2v) is 11.2. The van der Waals surface area contributed by atoms with Crippen LogP contribution in [0.3, 0.4) is 0 Å². The topological polar surface area (TPSA) is 96.0 Å². The van der Waals surface area contributed by atoms with Gasteiger partial charge in [-0.3, -0.25) is 9.59 Å². The molecular weight excluding hydrogens is 478 g/mol. The van der Waals surface area contributed by atoms with E-state index in [1.807, 2.05) is 45.0 Å². The van der Waals surface area contributed by atoms with E-state index in [0.717, 1.165) is 5.56 Å². The molecular formula is C27H39N3O5S. The fourth-order valence-electron chi connectivity index (χ4n) is 3.80. The van der Waals surface area contributed by atoms with E-state index in [4.69, 9.17) is 4.74 Å². The highest BCUT2D eigenvalue weighted by Gasteiger charge is 2.29. The van der Waals surface area contributed by atoms with Crippen LogP contribution in [-0.4, -0.2) is 62.7 Å². The Morgan fingerprint density at radius 3 is 2.36 bits per heavy atom. The molecule has 9 heteroatoms. The number of carbonyl (C=O) groups is 2. The molecule has 2 amide bonds. The Morgan fingerprint density at radius 1 is 1.06 bits per heavy atom. The minimum Gasteiger partial charge on any atom is -0.497 e. The highest BCUT2D eigenvalue weighted by molar-refractivity contribution is 7.89. The lowest BCUT2D eigenvalue weighted by atomic mass is 10.1. The van der Waals surface area contributed by atoms with Crippen molar-refractivity contribution in [1.29, 1.82) is 0 Å². The smallest absolute Gasteiger partial charge is 0.242 e. The van der Waals surface area contributed by atoms with Crippen LogP contribution in [-0.2, 0) is 26.2 Å². The molecule has 36 heavy (non-hydrogen) atoms. The van der Waals surface area contributed by atoms with Gasteiger partial charge in [-0.2, -0.15) is 0 Å². The van der Waals surface area contributed by atoms with Gasteiger partial charge in [0.1, 0.15) is 11.8 Å². The summed E-state index contributed by atoms with van der Waals surface area (Å²) in [6, 6.07) is 15.0. The lowest BCUT2D eigenvalue weighted by molar-refractivity contribution is -0.141. The Kier molecular flexibility index (Phi) is 11.4. The zero-order chi connectivity index (χ0) is 26.7. The maximum atomic E-state index is 13.4. The first-order valence-corrected chi connectivity index (χ1v) is 13.8. The summed E-state index contributed by atoms with van der Waals surface area (Å²) < 4.78 is 32.1. The van der Waals surface area contributed by atoms with Crippen LogP contribution in [0.25, 0.3) is 0 Å². The van der Waals surface area contributed by atoms with Crippen molar-refractivity contribution in [3.05, 3.63) is 60.2 Å². The summed E-state index contributed by atoms with van der Waals surface area (Å²) in [5.41, 5.74) is 0.849. The average Bonchev–Trinajstić information content (AvgIpc) is 2.87. The lowest BCUT2D eigenvalue weighted by Gasteiger charge is -2.31. The van der Waals surface area contributed by atoms with Gasteiger partial charge >= 0.3 is 0 Å². The van der Waals surface area contributed by atoms with Gasteiger partial charge in [0, 0.05) is 33.1 Å². The van der Waals surface area contributed by atoms with Crippen LogP contribution in [0.5, 0.6) is 5.75 Å². The molecule has 0 aliphatic rings. The third-order valence-electron chi connectivity index (χ3n) is 5.87. The number of carbonyl (C=O) groups excluding carboxylic acids is 2. The summed E-state index contributed by atoms with van der Waals surface area (Å²) in [6.45, 7) is 6.87. The largest absolute Gasteiger partial charge is 0.497 e. The van der Waals surface area contributed by atoms with E-state index in [1.165, 1.54) is 11.4 Å².